The molecule has 0 atom stereocenters. The summed E-state index contributed by atoms with van der Waals surface area (Å²) in [5.74, 6) is -0.406. The predicted molar refractivity (Wildman–Crippen MR) is 96.3 cm³/mol. The molecule has 6 heteroatoms. The molecule has 2 heterocycles. The van der Waals surface area contributed by atoms with E-state index < -0.39 is 5.97 Å². The van der Waals surface area contributed by atoms with Crippen LogP contribution in [0.1, 0.15) is 45.0 Å². The number of nitrogens with zero attached hydrogens (tertiary/aromatic N) is 2. The molecular weight excluding hydrogens is 336 g/mol. The van der Waals surface area contributed by atoms with Crippen molar-refractivity contribution in [2.75, 3.05) is 0 Å². The molecule has 4 rings (SSSR count). The van der Waals surface area contributed by atoms with Gasteiger partial charge in [-0.05, 0) is 44.7 Å². The molecule has 0 fully saturated rings. The largest absolute Gasteiger partial charge is 0.456 e. The number of hydrogen-bond donors (Lipinski definition) is 0. The Morgan fingerprint density at radius 2 is 2.12 bits per heavy atom. The van der Waals surface area contributed by atoms with Gasteiger partial charge >= 0.3 is 5.97 Å². The van der Waals surface area contributed by atoms with Crippen molar-refractivity contribution < 1.29 is 9.53 Å². The summed E-state index contributed by atoms with van der Waals surface area (Å²) in [6.07, 6.45) is 4.22. The first kappa shape index (κ1) is 16.0. The second-order valence-electron chi connectivity index (χ2n) is 6.33. The highest BCUT2D eigenvalue weighted by Crippen LogP contribution is 2.28. The van der Waals surface area contributed by atoms with Gasteiger partial charge < -0.3 is 4.74 Å². The van der Waals surface area contributed by atoms with E-state index in [0.717, 1.165) is 36.9 Å². The molecule has 0 bridgehead atoms. The maximum atomic E-state index is 12.5. The van der Waals surface area contributed by atoms with Crippen molar-refractivity contribution >= 4 is 22.3 Å². The number of rotatable bonds is 3. The first-order chi connectivity index (χ1) is 12.1. The maximum Gasteiger partial charge on any atom is 0.338 e. The lowest BCUT2D eigenvalue weighted by molar-refractivity contribution is 0.0467. The lowest BCUT2D eigenvalue weighted by atomic mass is 10.0. The number of aromatic nitrogens is 2. The molecule has 1 aliphatic rings. The number of carbonyl (C=O) groups is 1. The van der Waals surface area contributed by atoms with E-state index in [0.29, 0.717) is 16.2 Å². The van der Waals surface area contributed by atoms with Gasteiger partial charge in [0.15, 0.2) is 4.96 Å². The summed E-state index contributed by atoms with van der Waals surface area (Å²) in [5, 5.41) is 0. The summed E-state index contributed by atoms with van der Waals surface area (Å²) >= 11 is 1.57. The van der Waals surface area contributed by atoms with E-state index in [1.165, 1.54) is 10.9 Å². The monoisotopic (exact) mass is 354 g/mol. The Balaban J connectivity index is 1.58. The van der Waals surface area contributed by atoms with Crippen LogP contribution in [0.3, 0.4) is 0 Å². The Morgan fingerprint density at radius 3 is 2.96 bits per heavy atom. The lowest BCUT2D eigenvalue weighted by Gasteiger charge is -2.10. The number of carbonyl (C=O) groups excluding carboxylic acids is 1. The fourth-order valence-corrected chi connectivity index (χ4v) is 4.44. The third-order valence-electron chi connectivity index (χ3n) is 4.42. The second-order valence-corrected chi connectivity index (χ2v) is 7.39. The highest BCUT2D eigenvalue weighted by Gasteiger charge is 2.18. The Labute approximate surface area is 148 Å². The molecule has 0 N–H and O–H groups in total. The predicted octanol–water partition coefficient (Wildman–Crippen LogP) is 3.30. The van der Waals surface area contributed by atoms with E-state index in [9.17, 15) is 9.59 Å². The highest BCUT2D eigenvalue weighted by molar-refractivity contribution is 7.17. The fraction of sp³-hybridized carbons (Fsp3) is 0.316. The highest BCUT2D eigenvalue weighted by atomic mass is 32.1. The molecule has 0 saturated heterocycles. The average Bonchev–Trinajstić information content (AvgIpc) is 2.98. The molecule has 2 aromatic heterocycles. The first-order valence-corrected chi connectivity index (χ1v) is 9.20. The van der Waals surface area contributed by atoms with E-state index in [2.05, 4.69) is 4.98 Å². The third-order valence-corrected chi connectivity index (χ3v) is 5.56. The van der Waals surface area contributed by atoms with Crippen LogP contribution in [0.15, 0.2) is 35.1 Å². The summed E-state index contributed by atoms with van der Waals surface area (Å²) in [6.45, 7) is 1.92. The van der Waals surface area contributed by atoms with Crippen molar-refractivity contribution in [2.45, 2.75) is 39.2 Å². The summed E-state index contributed by atoms with van der Waals surface area (Å²) in [5.41, 5.74) is 3.00. The van der Waals surface area contributed by atoms with Crippen LogP contribution in [0.2, 0.25) is 0 Å². The van der Waals surface area contributed by atoms with Crippen LogP contribution in [0.4, 0.5) is 0 Å². The molecule has 3 aromatic rings. The van der Waals surface area contributed by atoms with Gasteiger partial charge in [0.2, 0.25) is 0 Å². The van der Waals surface area contributed by atoms with Gasteiger partial charge in [-0.1, -0.05) is 17.7 Å². The molecule has 0 spiro atoms. The quantitative estimate of drug-likeness (QED) is 0.677. The number of aryl methyl sites for hydroxylation is 3. The molecule has 0 aliphatic heterocycles. The number of fused-ring (bicyclic) bond motifs is 3. The fourth-order valence-electron chi connectivity index (χ4n) is 3.21. The van der Waals surface area contributed by atoms with Crippen LogP contribution in [0.25, 0.3) is 4.96 Å². The van der Waals surface area contributed by atoms with Gasteiger partial charge in [0, 0.05) is 16.6 Å². The molecule has 0 saturated carbocycles. The summed E-state index contributed by atoms with van der Waals surface area (Å²) in [7, 11) is 0. The molecule has 0 unspecified atom stereocenters. The zero-order chi connectivity index (χ0) is 17.4. The van der Waals surface area contributed by atoms with Crippen LogP contribution in [-0.4, -0.2) is 15.4 Å². The summed E-state index contributed by atoms with van der Waals surface area (Å²) in [6, 6.07) is 8.71. The molecule has 25 heavy (non-hydrogen) atoms. The Hall–Kier alpha value is -2.47. The molecule has 1 aliphatic carbocycles. The van der Waals surface area contributed by atoms with E-state index in [1.54, 1.807) is 27.9 Å². The second kappa shape index (κ2) is 6.44. The minimum atomic E-state index is -0.406. The van der Waals surface area contributed by atoms with Crippen LogP contribution < -0.4 is 5.56 Å². The van der Waals surface area contributed by atoms with Gasteiger partial charge in [0.05, 0.1) is 11.3 Å². The van der Waals surface area contributed by atoms with Gasteiger partial charge in [0.25, 0.3) is 5.56 Å². The zero-order valence-corrected chi connectivity index (χ0v) is 14.8. The third kappa shape index (κ3) is 3.09. The standard InChI is InChI=1S/C19H18N2O3S/c1-12-5-4-6-13(9-12)18(23)24-11-14-10-17(22)21-15-7-2-3-8-16(15)25-19(21)20-14/h4-6,9-10H,2-3,7-8,11H2,1H3. The molecule has 5 nitrogen and oxygen atoms in total. The average molecular weight is 354 g/mol. The van der Waals surface area contributed by atoms with Gasteiger partial charge in [-0.3, -0.25) is 9.20 Å². The zero-order valence-electron chi connectivity index (χ0n) is 13.9. The Bertz CT molecular complexity index is 1020. The van der Waals surface area contributed by atoms with Gasteiger partial charge in [-0.15, -0.1) is 11.3 Å². The van der Waals surface area contributed by atoms with Gasteiger partial charge in [0.1, 0.15) is 6.61 Å². The number of hydrogen-bond acceptors (Lipinski definition) is 5. The maximum absolute atomic E-state index is 12.5. The van der Waals surface area contributed by atoms with Crippen molar-refractivity contribution in [1.29, 1.82) is 0 Å². The molecule has 128 valence electrons. The number of ether oxygens (including phenoxy) is 1. The van der Waals surface area contributed by atoms with Crippen molar-refractivity contribution in [3.8, 4) is 0 Å². The van der Waals surface area contributed by atoms with Crippen LogP contribution >= 0.6 is 11.3 Å². The number of thiazole rings is 1. The molecule has 0 radical (unpaired) electrons. The van der Waals surface area contributed by atoms with Crippen molar-refractivity contribution in [3.05, 3.63) is 68.1 Å². The number of benzene rings is 1. The van der Waals surface area contributed by atoms with Gasteiger partial charge in [-0.2, -0.15) is 0 Å². The van der Waals surface area contributed by atoms with E-state index in [4.69, 9.17) is 4.74 Å². The lowest BCUT2D eigenvalue weighted by Crippen LogP contribution is -2.18. The summed E-state index contributed by atoms with van der Waals surface area (Å²) in [4.78, 5) is 31.1. The van der Waals surface area contributed by atoms with Gasteiger partial charge in [-0.25, -0.2) is 9.78 Å². The van der Waals surface area contributed by atoms with E-state index >= 15 is 0 Å². The Kier molecular flexibility index (Phi) is 4.13. The Morgan fingerprint density at radius 1 is 1.28 bits per heavy atom. The normalized spacial score (nSPS) is 13.6. The topological polar surface area (TPSA) is 60.7 Å². The smallest absolute Gasteiger partial charge is 0.338 e. The van der Waals surface area contributed by atoms with Crippen molar-refractivity contribution in [3.63, 3.8) is 0 Å². The van der Waals surface area contributed by atoms with Crippen LogP contribution in [-0.2, 0) is 24.2 Å². The SMILES string of the molecule is Cc1cccc(C(=O)OCc2cc(=O)n3c4c(sc3n2)CCCC4)c1. The van der Waals surface area contributed by atoms with E-state index in [1.807, 2.05) is 19.1 Å². The van der Waals surface area contributed by atoms with Crippen LogP contribution in [0, 0.1) is 6.92 Å². The van der Waals surface area contributed by atoms with Crippen LogP contribution in [0.5, 0.6) is 0 Å². The summed E-state index contributed by atoms with van der Waals surface area (Å²) < 4.78 is 7.04. The molecular formula is C19H18N2O3S. The minimum Gasteiger partial charge on any atom is -0.456 e. The minimum absolute atomic E-state index is 0.00107. The van der Waals surface area contributed by atoms with E-state index in [-0.39, 0.29) is 12.2 Å². The molecule has 1 aromatic carbocycles. The number of esters is 1. The van der Waals surface area contributed by atoms with Crippen molar-refractivity contribution in [2.24, 2.45) is 0 Å². The first-order valence-electron chi connectivity index (χ1n) is 8.39. The molecule has 0 amide bonds. The van der Waals surface area contributed by atoms with Crippen molar-refractivity contribution in [1.82, 2.24) is 9.38 Å².